The Morgan fingerprint density at radius 3 is 2.45 bits per heavy atom. The predicted molar refractivity (Wildman–Crippen MR) is 79.1 cm³/mol. The Kier molecular flexibility index (Phi) is 3.14. The maximum absolute atomic E-state index is 11.0. The van der Waals surface area contributed by atoms with Gasteiger partial charge in [0.1, 0.15) is 0 Å². The van der Waals surface area contributed by atoms with Gasteiger partial charge in [-0.2, -0.15) is 5.26 Å². The lowest BCUT2D eigenvalue weighted by Crippen LogP contribution is -2.33. The van der Waals surface area contributed by atoms with Crippen molar-refractivity contribution in [3.63, 3.8) is 0 Å². The quantitative estimate of drug-likeness (QED) is 0.882. The maximum Gasteiger partial charge on any atom is 0.0981 e. The molecule has 0 aromatic heterocycles. The van der Waals surface area contributed by atoms with Gasteiger partial charge in [0.2, 0.25) is 0 Å². The van der Waals surface area contributed by atoms with Crippen LogP contribution >= 0.6 is 0 Å². The average molecular weight is 269 g/mol. The Morgan fingerprint density at radius 2 is 1.90 bits per heavy atom. The number of rotatable bonds is 2. The molecule has 106 valence electrons. The van der Waals surface area contributed by atoms with Crippen molar-refractivity contribution in [1.29, 1.82) is 5.26 Å². The predicted octanol–water partition coefficient (Wildman–Crippen LogP) is 3.98. The van der Waals surface area contributed by atoms with E-state index in [4.69, 9.17) is 0 Å². The third-order valence-corrected chi connectivity index (χ3v) is 5.77. The van der Waals surface area contributed by atoms with Crippen molar-refractivity contribution < 1.29 is 5.11 Å². The SMILES string of the molecule is Cc1cc(C)c(C(O)C2(C#N)CC3CCC2C3)cc1C. The summed E-state index contributed by atoms with van der Waals surface area (Å²) in [6.07, 6.45) is 3.73. The van der Waals surface area contributed by atoms with Crippen LogP contribution in [-0.4, -0.2) is 5.11 Å². The van der Waals surface area contributed by atoms with Crippen LogP contribution in [-0.2, 0) is 0 Å². The summed E-state index contributed by atoms with van der Waals surface area (Å²) in [6, 6.07) is 6.73. The second-order valence-electron chi connectivity index (χ2n) is 6.93. The van der Waals surface area contributed by atoms with Gasteiger partial charge >= 0.3 is 0 Å². The van der Waals surface area contributed by atoms with Gasteiger partial charge in [0.05, 0.1) is 17.6 Å². The summed E-state index contributed by atoms with van der Waals surface area (Å²) in [7, 11) is 0. The van der Waals surface area contributed by atoms with Gasteiger partial charge in [-0.1, -0.05) is 18.6 Å². The molecular formula is C18H23NO. The molecule has 0 saturated heterocycles. The maximum atomic E-state index is 11.0. The number of nitriles is 1. The normalized spacial score (nSPS) is 33.1. The van der Waals surface area contributed by atoms with Crippen molar-refractivity contribution in [1.82, 2.24) is 0 Å². The topological polar surface area (TPSA) is 44.0 Å². The third-order valence-electron chi connectivity index (χ3n) is 5.77. The zero-order valence-electron chi connectivity index (χ0n) is 12.6. The van der Waals surface area contributed by atoms with Crippen LogP contribution in [0.4, 0.5) is 0 Å². The molecule has 3 rings (SSSR count). The number of nitrogens with zero attached hydrogens (tertiary/aromatic N) is 1. The van der Waals surface area contributed by atoms with Gasteiger partial charge in [-0.25, -0.2) is 0 Å². The molecule has 20 heavy (non-hydrogen) atoms. The highest BCUT2D eigenvalue weighted by molar-refractivity contribution is 5.39. The summed E-state index contributed by atoms with van der Waals surface area (Å²) < 4.78 is 0. The minimum atomic E-state index is -0.637. The van der Waals surface area contributed by atoms with E-state index in [0.29, 0.717) is 11.8 Å². The van der Waals surface area contributed by atoms with Crippen molar-refractivity contribution in [2.75, 3.05) is 0 Å². The standard InChI is InChI=1S/C18H23NO/c1-11-6-13(3)16(7-12(11)2)17(20)18(10-19)9-14-4-5-15(18)8-14/h6-7,14-15,17,20H,4-5,8-9H2,1-3H3. The molecule has 2 fully saturated rings. The first-order valence-corrected chi connectivity index (χ1v) is 7.65. The first-order valence-electron chi connectivity index (χ1n) is 7.65. The van der Waals surface area contributed by atoms with E-state index in [1.54, 1.807) is 0 Å². The fraction of sp³-hybridized carbons (Fsp3) is 0.611. The van der Waals surface area contributed by atoms with E-state index in [1.807, 2.05) is 6.92 Å². The molecule has 0 radical (unpaired) electrons. The molecule has 2 nitrogen and oxygen atoms in total. The lowest BCUT2D eigenvalue weighted by Gasteiger charge is -2.36. The van der Waals surface area contributed by atoms with Crippen LogP contribution in [0.1, 0.15) is 54.0 Å². The smallest absolute Gasteiger partial charge is 0.0981 e. The second-order valence-corrected chi connectivity index (χ2v) is 6.93. The fourth-order valence-corrected chi connectivity index (χ4v) is 4.46. The minimum absolute atomic E-state index is 0.383. The summed E-state index contributed by atoms with van der Waals surface area (Å²) in [5.41, 5.74) is 3.97. The number of hydrogen-bond donors (Lipinski definition) is 1. The zero-order chi connectivity index (χ0) is 14.5. The summed E-state index contributed by atoms with van der Waals surface area (Å²) >= 11 is 0. The molecule has 0 heterocycles. The molecule has 0 aliphatic heterocycles. The summed E-state index contributed by atoms with van der Waals surface area (Å²) in [6.45, 7) is 6.21. The van der Waals surface area contributed by atoms with Gasteiger partial charge in [-0.3, -0.25) is 0 Å². The molecule has 2 bridgehead atoms. The molecule has 0 spiro atoms. The summed E-state index contributed by atoms with van der Waals surface area (Å²) in [5.74, 6) is 1.04. The molecule has 1 N–H and O–H groups in total. The van der Waals surface area contributed by atoms with Gasteiger partial charge in [0, 0.05) is 0 Å². The minimum Gasteiger partial charge on any atom is -0.387 e. The largest absolute Gasteiger partial charge is 0.387 e. The molecule has 0 amide bonds. The van der Waals surface area contributed by atoms with Crippen molar-refractivity contribution in [2.45, 2.75) is 52.6 Å². The van der Waals surface area contributed by atoms with Crippen molar-refractivity contribution in [2.24, 2.45) is 17.3 Å². The molecule has 1 aromatic carbocycles. The van der Waals surface area contributed by atoms with E-state index in [-0.39, 0.29) is 0 Å². The van der Waals surface area contributed by atoms with Gasteiger partial charge in [-0.15, -0.1) is 0 Å². The lowest BCUT2D eigenvalue weighted by atomic mass is 9.68. The Balaban J connectivity index is 2.02. The van der Waals surface area contributed by atoms with Crippen molar-refractivity contribution in [3.05, 3.63) is 34.4 Å². The first kappa shape index (κ1) is 13.6. The highest BCUT2D eigenvalue weighted by Crippen LogP contribution is 2.60. The molecule has 4 unspecified atom stereocenters. The van der Waals surface area contributed by atoms with Crippen LogP contribution in [0.5, 0.6) is 0 Å². The van der Waals surface area contributed by atoms with E-state index in [1.165, 1.54) is 17.5 Å². The molecule has 2 aliphatic rings. The van der Waals surface area contributed by atoms with E-state index in [9.17, 15) is 10.4 Å². The Hall–Kier alpha value is -1.33. The lowest BCUT2D eigenvalue weighted by molar-refractivity contribution is 0.0228. The third kappa shape index (κ3) is 1.80. The van der Waals surface area contributed by atoms with Crippen LogP contribution in [0, 0.1) is 49.4 Å². The van der Waals surface area contributed by atoms with Crippen LogP contribution < -0.4 is 0 Å². The van der Waals surface area contributed by atoms with Gasteiger partial charge in [0.15, 0.2) is 0 Å². The van der Waals surface area contributed by atoms with E-state index < -0.39 is 11.5 Å². The number of aryl methyl sites for hydroxylation is 3. The highest BCUT2D eigenvalue weighted by Gasteiger charge is 2.55. The Bertz CT molecular complexity index is 586. The van der Waals surface area contributed by atoms with E-state index in [0.717, 1.165) is 30.4 Å². The Labute approximate surface area is 121 Å². The molecule has 2 aliphatic carbocycles. The molecular weight excluding hydrogens is 246 g/mol. The fourth-order valence-electron chi connectivity index (χ4n) is 4.46. The summed E-state index contributed by atoms with van der Waals surface area (Å²) in [4.78, 5) is 0. The number of fused-ring (bicyclic) bond motifs is 2. The van der Waals surface area contributed by atoms with E-state index >= 15 is 0 Å². The number of aliphatic hydroxyl groups is 1. The van der Waals surface area contributed by atoms with Crippen molar-refractivity contribution >= 4 is 0 Å². The monoisotopic (exact) mass is 269 g/mol. The summed E-state index contributed by atoms with van der Waals surface area (Å²) in [5, 5.41) is 20.7. The van der Waals surface area contributed by atoms with Gasteiger partial charge < -0.3 is 5.11 Å². The molecule has 4 atom stereocenters. The molecule has 2 heteroatoms. The van der Waals surface area contributed by atoms with Crippen LogP contribution in [0.15, 0.2) is 12.1 Å². The van der Waals surface area contributed by atoms with Gasteiger partial charge in [0.25, 0.3) is 0 Å². The average Bonchev–Trinajstić information content (AvgIpc) is 3.03. The Morgan fingerprint density at radius 1 is 1.20 bits per heavy atom. The number of hydrogen-bond acceptors (Lipinski definition) is 2. The van der Waals surface area contributed by atoms with E-state index in [2.05, 4.69) is 32.0 Å². The molecule has 2 saturated carbocycles. The highest BCUT2D eigenvalue weighted by atomic mass is 16.3. The van der Waals surface area contributed by atoms with Crippen LogP contribution in [0.25, 0.3) is 0 Å². The number of benzene rings is 1. The van der Waals surface area contributed by atoms with Crippen LogP contribution in [0.2, 0.25) is 0 Å². The zero-order valence-corrected chi connectivity index (χ0v) is 12.6. The number of aliphatic hydroxyl groups excluding tert-OH is 1. The first-order chi connectivity index (χ1) is 9.48. The second kappa shape index (κ2) is 4.60. The molecule has 1 aromatic rings. The van der Waals surface area contributed by atoms with Gasteiger partial charge in [-0.05, 0) is 74.1 Å². The van der Waals surface area contributed by atoms with Crippen molar-refractivity contribution in [3.8, 4) is 6.07 Å². The van der Waals surface area contributed by atoms with Crippen LogP contribution in [0.3, 0.4) is 0 Å².